The molecule has 2 aromatic rings. The van der Waals surface area contributed by atoms with Crippen molar-refractivity contribution < 1.29 is 13.2 Å². The SMILES string of the molecule is CC(C)(C)C(=O)Nc1cccc(NS(=O)(=O)c2ccc3c(c2)CCN3)c1. The Hall–Kier alpha value is -2.54. The molecule has 0 aromatic heterocycles. The van der Waals surface area contributed by atoms with Crippen LogP contribution in [0, 0.1) is 5.41 Å². The summed E-state index contributed by atoms with van der Waals surface area (Å²) in [4.78, 5) is 12.3. The van der Waals surface area contributed by atoms with Crippen molar-refractivity contribution in [1.82, 2.24) is 0 Å². The van der Waals surface area contributed by atoms with E-state index in [2.05, 4.69) is 15.4 Å². The standard InChI is InChI=1S/C19H23N3O3S/c1-19(2,3)18(23)21-14-5-4-6-15(12-14)22-26(24,25)16-7-8-17-13(11-16)9-10-20-17/h4-8,11-12,20,22H,9-10H2,1-3H3,(H,21,23). The second-order valence-corrected chi connectivity index (χ2v) is 9.07. The molecular weight excluding hydrogens is 350 g/mol. The van der Waals surface area contributed by atoms with Gasteiger partial charge < -0.3 is 10.6 Å². The molecule has 1 aliphatic heterocycles. The molecule has 0 saturated heterocycles. The number of sulfonamides is 1. The summed E-state index contributed by atoms with van der Waals surface area (Å²) in [5, 5.41) is 6.01. The number of carbonyl (C=O) groups is 1. The van der Waals surface area contributed by atoms with Gasteiger partial charge in [0.2, 0.25) is 5.91 Å². The van der Waals surface area contributed by atoms with Gasteiger partial charge in [0.15, 0.2) is 0 Å². The number of benzene rings is 2. The molecule has 1 aliphatic rings. The highest BCUT2D eigenvalue weighted by atomic mass is 32.2. The number of hydrogen-bond donors (Lipinski definition) is 3. The van der Waals surface area contributed by atoms with Crippen molar-refractivity contribution >= 4 is 33.0 Å². The van der Waals surface area contributed by atoms with Crippen LogP contribution in [0.25, 0.3) is 0 Å². The highest BCUT2D eigenvalue weighted by molar-refractivity contribution is 7.92. The molecule has 0 radical (unpaired) electrons. The Morgan fingerprint density at radius 1 is 1.08 bits per heavy atom. The minimum atomic E-state index is -3.70. The maximum absolute atomic E-state index is 12.7. The first-order valence-corrected chi connectivity index (χ1v) is 9.95. The first-order chi connectivity index (χ1) is 12.1. The molecule has 0 aliphatic carbocycles. The normalized spacial score (nSPS) is 13.7. The highest BCUT2D eigenvalue weighted by Crippen LogP contribution is 2.27. The summed E-state index contributed by atoms with van der Waals surface area (Å²) < 4.78 is 27.9. The minimum absolute atomic E-state index is 0.136. The lowest BCUT2D eigenvalue weighted by Crippen LogP contribution is -2.27. The lowest BCUT2D eigenvalue weighted by atomic mass is 9.95. The second kappa shape index (κ2) is 6.64. The number of hydrogen-bond acceptors (Lipinski definition) is 4. The molecule has 3 rings (SSSR count). The molecule has 2 aromatic carbocycles. The van der Waals surface area contributed by atoms with Gasteiger partial charge in [-0.25, -0.2) is 8.42 Å². The minimum Gasteiger partial charge on any atom is -0.384 e. The second-order valence-electron chi connectivity index (χ2n) is 7.39. The Kier molecular flexibility index (Phi) is 4.66. The van der Waals surface area contributed by atoms with Crippen molar-refractivity contribution in [2.75, 3.05) is 21.9 Å². The predicted molar refractivity (Wildman–Crippen MR) is 104 cm³/mol. The zero-order valence-corrected chi connectivity index (χ0v) is 15.9. The van der Waals surface area contributed by atoms with Gasteiger partial charge in [-0.05, 0) is 48.4 Å². The molecular formula is C19H23N3O3S. The number of fused-ring (bicyclic) bond motifs is 1. The van der Waals surface area contributed by atoms with E-state index >= 15 is 0 Å². The summed E-state index contributed by atoms with van der Waals surface area (Å²) in [6.07, 6.45) is 0.813. The quantitative estimate of drug-likeness (QED) is 0.766. The molecule has 1 amide bonds. The largest absolute Gasteiger partial charge is 0.384 e. The van der Waals surface area contributed by atoms with Crippen LogP contribution in [-0.2, 0) is 21.2 Å². The van der Waals surface area contributed by atoms with Gasteiger partial charge in [0.05, 0.1) is 10.6 Å². The topological polar surface area (TPSA) is 87.3 Å². The summed E-state index contributed by atoms with van der Waals surface area (Å²) >= 11 is 0. The fraction of sp³-hybridized carbons (Fsp3) is 0.316. The Labute approximate surface area is 154 Å². The fourth-order valence-electron chi connectivity index (χ4n) is 2.64. The van der Waals surface area contributed by atoms with Crippen LogP contribution in [0.1, 0.15) is 26.3 Å². The van der Waals surface area contributed by atoms with Crippen LogP contribution in [0.15, 0.2) is 47.4 Å². The molecule has 26 heavy (non-hydrogen) atoms. The van der Waals surface area contributed by atoms with Crippen molar-refractivity contribution in [3.8, 4) is 0 Å². The van der Waals surface area contributed by atoms with Crippen LogP contribution in [-0.4, -0.2) is 20.9 Å². The summed E-state index contributed by atoms with van der Waals surface area (Å²) in [5.74, 6) is -0.136. The van der Waals surface area contributed by atoms with Gasteiger partial charge in [0, 0.05) is 23.3 Å². The molecule has 0 atom stereocenters. The van der Waals surface area contributed by atoms with Gasteiger partial charge in [-0.1, -0.05) is 26.8 Å². The summed E-state index contributed by atoms with van der Waals surface area (Å²) in [5.41, 5.74) is 2.39. The third-order valence-corrected chi connectivity index (χ3v) is 5.53. The first kappa shape index (κ1) is 18.3. The number of carbonyl (C=O) groups excluding carboxylic acids is 1. The van der Waals surface area contributed by atoms with Crippen LogP contribution in [0.2, 0.25) is 0 Å². The lowest BCUT2D eigenvalue weighted by molar-refractivity contribution is -0.123. The average Bonchev–Trinajstić information content (AvgIpc) is 3.01. The summed E-state index contributed by atoms with van der Waals surface area (Å²) in [6, 6.07) is 11.8. The molecule has 138 valence electrons. The number of anilines is 3. The van der Waals surface area contributed by atoms with Crippen LogP contribution < -0.4 is 15.4 Å². The monoisotopic (exact) mass is 373 g/mol. The van der Waals surface area contributed by atoms with E-state index in [0.29, 0.717) is 11.4 Å². The van der Waals surface area contributed by atoms with E-state index in [1.165, 1.54) is 0 Å². The molecule has 0 spiro atoms. The van der Waals surface area contributed by atoms with E-state index in [0.717, 1.165) is 24.2 Å². The molecule has 0 unspecified atom stereocenters. The average molecular weight is 373 g/mol. The molecule has 3 N–H and O–H groups in total. The number of nitrogens with one attached hydrogen (secondary N) is 3. The van der Waals surface area contributed by atoms with Crippen molar-refractivity contribution in [3.05, 3.63) is 48.0 Å². The molecule has 0 fully saturated rings. The van der Waals surface area contributed by atoms with Gasteiger partial charge in [-0.2, -0.15) is 0 Å². The van der Waals surface area contributed by atoms with Crippen molar-refractivity contribution in [2.24, 2.45) is 5.41 Å². The van der Waals surface area contributed by atoms with Crippen LogP contribution in [0.3, 0.4) is 0 Å². The maximum atomic E-state index is 12.7. The van der Waals surface area contributed by atoms with Gasteiger partial charge in [-0.15, -0.1) is 0 Å². The Morgan fingerprint density at radius 2 is 1.81 bits per heavy atom. The predicted octanol–water partition coefficient (Wildman–Crippen LogP) is 3.44. The van der Waals surface area contributed by atoms with Crippen molar-refractivity contribution in [1.29, 1.82) is 0 Å². The number of rotatable bonds is 4. The molecule has 0 bridgehead atoms. The van der Waals surface area contributed by atoms with Gasteiger partial charge in [-0.3, -0.25) is 9.52 Å². The maximum Gasteiger partial charge on any atom is 0.261 e. The smallest absolute Gasteiger partial charge is 0.261 e. The highest BCUT2D eigenvalue weighted by Gasteiger charge is 2.22. The van der Waals surface area contributed by atoms with Crippen molar-refractivity contribution in [3.63, 3.8) is 0 Å². The van der Waals surface area contributed by atoms with E-state index in [1.807, 2.05) is 20.8 Å². The third kappa shape index (κ3) is 3.99. The van der Waals surface area contributed by atoms with Gasteiger partial charge in [0.25, 0.3) is 10.0 Å². The molecule has 7 heteroatoms. The Balaban J connectivity index is 1.80. The van der Waals surface area contributed by atoms with Crippen LogP contribution >= 0.6 is 0 Å². The van der Waals surface area contributed by atoms with Crippen LogP contribution in [0.5, 0.6) is 0 Å². The van der Waals surface area contributed by atoms with E-state index < -0.39 is 15.4 Å². The van der Waals surface area contributed by atoms with E-state index in [4.69, 9.17) is 0 Å². The lowest BCUT2D eigenvalue weighted by Gasteiger charge is -2.18. The first-order valence-electron chi connectivity index (χ1n) is 8.46. The molecule has 6 nitrogen and oxygen atoms in total. The van der Waals surface area contributed by atoms with E-state index in [1.54, 1.807) is 42.5 Å². The fourth-order valence-corrected chi connectivity index (χ4v) is 3.74. The van der Waals surface area contributed by atoms with Gasteiger partial charge in [0.1, 0.15) is 0 Å². The molecule has 1 heterocycles. The Morgan fingerprint density at radius 3 is 2.54 bits per heavy atom. The van der Waals surface area contributed by atoms with Gasteiger partial charge >= 0.3 is 0 Å². The van der Waals surface area contributed by atoms with Crippen LogP contribution in [0.4, 0.5) is 17.1 Å². The van der Waals surface area contributed by atoms with E-state index in [-0.39, 0.29) is 10.8 Å². The van der Waals surface area contributed by atoms with Crippen molar-refractivity contribution in [2.45, 2.75) is 32.1 Å². The van der Waals surface area contributed by atoms with E-state index in [9.17, 15) is 13.2 Å². The Bertz CT molecular complexity index is 947. The third-order valence-electron chi connectivity index (χ3n) is 4.15. The summed E-state index contributed by atoms with van der Waals surface area (Å²) in [6.45, 7) is 6.27. The zero-order valence-electron chi connectivity index (χ0n) is 15.1. The number of amides is 1. The summed E-state index contributed by atoms with van der Waals surface area (Å²) in [7, 11) is -3.70. The molecule has 0 saturated carbocycles. The zero-order chi connectivity index (χ0) is 18.9.